The molecule has 0 aliphatic carbocycles. The van der Waals surface area contributed by atoms with Crippen LogP contribution in [0.1, 0.15) is 29.6 Å². The van der Waals surface area contributed by atoms with Crippen LogP contribution in [0.2, 0.25) is 0 Å². The summed E-state index contributed by atoms with van der Waals surface area (Å²) in [5.41, 5.74) is 12.6. The van der Waals surface area contributed by atoms with Gasteiger partial charge in [0.05, 0.1) is 11.3 Å². The van der Waals surface area contributed by atoms with Crippen molar-refractivity contribution in [3.63, 3.8) is 0 Å². The molecule has 12 heteroatoms. The molecule has 0 saturated carbocycles. The summed E-state index contributed by atoms with van der Waals surface area (Å²) in [4.78, 5) is 37.1. The van der Waals surface area contributed by atoms with Crippen molar-refractivity contribution >= 4 is 45.3 Å². The first-order valence-electron chi connectivity index (χ1n) is 10.9. The van der Waals surface area contributed by atoms with Crippen LogP contribution in [-0.4, -0.2) is 56.4 Å². The van der Waals surface area contributed by atoms with Crippen molar-refractivity contribution in [1.29, 1.82) is 0 Å². The van der Waals surface area contributed by atoms with Crippen molar-refractivity contribution in [2.75, 3.05) is 22.2 Å². The standard InChI is InChI=1S/C23H28N4O6S2/c1-34-12-11-19(25)23(30)33-22(29)17-8-7-16(13-18(17)15-5-3-2-4-6-15)27(35(31,32)14-24)20-9-10-21(28)26-20/h2-8,13,19-20H,9-12,14,24-25H2,1H3,(H,26,28)/t19-,20-/m0/s1. The Bertz CT molecular complexity index is 1190. The monoisotopic (exact) mass is 520 g/mol. The molecule has 3 rings (SSSR count). The average Bonchev–Trinajstić information content (AvgIpc) is 3.28. The van der Waals surface area contributed by atoms with Crippen LogP contribution in [0, 0.1) is 0 Å². The lowest BCUT2D eigenvalue weighted by Gasteiger charge is -2.30. The molecule has 2 aromatic rings. The molecule has 0 radical (unpaired) electrons. The minimum Gasteiger partial charge on any atom is -0.388 e. The van der Waals surface area contributed by atoms with Crippen LogP contribution in [0.25, 0.3) is 11.1 Å². The number of benzene rings is 2. The van der Waals surface area contributed by atoms with Gasteiger partial charge in [-0.25, -0.2) is 22.3 Å². The molecule has 1 aliphatic rings. The van der Waals surface area contributed by atoms with Gasteiger partial charge in [-0.1, -0.05) is 30.3 Å². The summed E-state index contributed by atoms with van der Waals surface area (Å²) in [6.45, 7) is 0. The number of carbonyl (C=O) groups excluding carboxylic acids is 3. The lowest BCUT2D eigenvalue weighted by Crippen LogP contribution is -2.48. The van der Waals surface area contributed by atoms with Gasteiger partial charge in [0.15, 0.2) is 0 Å². The Balaban J connectivity index is 2.03. The molecule has 5 N–H and O–H groups in total. The van der Waals surface area contributed by atoms with Crippen LogP contribution in [0.15, 0.2) is 48.5 Å². The molecule has 0 bridgehead atoms. The van der Waals surface area contributed by atoms with Crippen molar-refractivity contribution in [2.24, 2.45) is 11.5 Å². The highest BCUT2D eigenvalue weighted by Gasteiger charge is 2.35. The third-order valence-corrected chi connectivity index (χ3v) is 7.59. The Kier molecular flexibility index (Phi) is 8.89. The fourth-order valence-electron chi connectivity index (χ4n) is 3.68. The number of nitrogens with two attached hydrogens (primary N) is 2. The molecule has 0 unspecified atom stereocenters. The first kappa shape index (κ1) is 26.7. The molecular formula is C23H28N4O6S2. The number of amides is 1. The minimum atomic E-state index is -3.98. The van der Waals surface area contributed by atoms with E-state index in [1.54, 1.807) is 30.3 Å². The fourth-order valence-corrected chi connectivity index (χ4v) is 5.31. The maximum Gasteiger partial charge on any atom is 0.346 e. The van der Waals surface area contributed by atoms with E-state index >= 15 is 0 Å². The van der Waals surface area contributed by atoms with Gasteiger partial charge in [0.2, 0.25) is 15.9 Å². The zero-order chi connectivity index (χ0) is 25.6. The summed E-state index contributed by atoms with van der Waals surface area (Å²) in [5.74, 6) is -2.05. The normalized spacial score (nSPS) is 16.4. The van der Waals surface area contributed by atoms with Gasteiger partial charge in [-0.05, 0) is 54.2 Å². The Hall–Kier alpha value is -2.93. The predicted octanol–water partition coefficient (Wildman–Crippen LogP) is 1.41. The molecule has 0 spiro atoms. The molecular weight excluding hydrogens is 492 g/mol. The highest BCUT2D eigenvalue weighted by atomic mass is 32.2. The van der Waals surface area contributed by atoms with E-state index in [-0.39, 0.29) is 30.0 Å². The zero-order valence-corrected chi connectivity index (χ0v) is 20.8. The largest absolute Gasteiger partial charge is 0.388 e. The second-order valence-corrected chi connectivity index (χ2v) is 10.8. The minimum absolute atomic E-state index is 0.0610. The molecule has 35 heavy (non-hydrogen) atoms. The van der Waals surface area contributed by atoms with Crippen LogP contribution >= 0.6 is 11.8 Å². The van der Waals surface area contributed by atoms with Crippen LogP contribution in [-0.2, 0) is 24.3 Å². The molecule has 1 fully saturated rings. The number of rotatable bonds is 10. The van der Waals surface area contributed by atoms with E-state index < -0.39 is 40.0 Å². The van der Waals surface area contributed by atoms with E-state index in [4.69, 9.17) is 16.2 Å². The van der Waals surface area contributed by atoms with Gasteiger partial charge in [-0.15, -0.1) is 0 Å². The quantitative estimate of drug-likeness (QED) is 0.310. The molecule has 10 nitrogen and oxygen atoms in total. The third kappa shape index (κ3) is 6.40. The highest BCUT2D eigenvalue weighted by molar-refractivity contribution is 7.98. The van der Waals surface area contributed by atoms with Gasteiger partial charge in [-0.3, -0.25) is 4.79 Å². The SMILES string of the molecule is CSCC[C@H](N)C(=O)OC(=O)c1ccc(N([C@H]2CCC(=O)N2)S(=O)(=O)CN)cc1-c1ccccc1. The first-order chi connectivity index (χ1) is 16.7. The van der Waals surface area contributed by atoms with Gasteiger partial charge in [0.25, 0.3) is 0 Å². The summed E-state index contributed by atoms with van der Waals surface area (Å²) in [6, 6.07) is 12.1. The number of carbonyl (C=O) groups is 3. The number of ether oxygens (including phenoxy) is 1. The fraction of sp³-hybridized carbons (Fsp3) is 0.348. The Morgan fingerprint density at radius 3 is 2.54 bits per heavy atom. The van der Waals surface area contributed by atoms with E-state index in [0.717, 1.165) is 4.31 Å². The maximum atomic E-state index is 12.9. The van der Waals surface area contributed by atoms with E-state index in [1.807, 2.05) is 6.26 Å². The summed E-state index contributed by atoms with van der Waals surface area (Å²) >= 11 is 1.52. The number of nitrogens with zero attached hydrogens (tertiary/aromatic N) is 1. The molecule has 188 valence electrons. The van der Waals surface area contributed by atoms with Crippen molar-refractivity contribution in [3.05, 3.63) is 54.1 Å². The Labute approximate surface area is 208 Å². The summed E-state index contributed by atoms with van der Waals surface area (Å²) in [5, 5.41) is 2.65. The lowest BCUT2D eigenvalue weighted by molar-refractivity contribution is -0.139. The van der Waals surface area contributed by atoms with Crippen molar-refractivity contribution in [3.8, 4) is 11.1 Å². The smallest absolute Gasteiger partial charge is 0.346 e. The number of hydrogen-bond donors (Lipinski definition) is 3. The van der Waals surface area contributed by atoms with E-state index in [9.17, 15) is 22.8 Å². The Morgan fingerprint density at radius 1 is 1.23 bits per heavy atom. The maximum absolute atomic E-state index is 12.9. The van der Waals surface area contributed by atoms with Crippen LogP contribution < -0.4 is 21.1 Å². The molecule has 1 heterocycles. The summed E-state index contributed by atoms with van der Waals surface area (Å²) in [6.07, 6.45) is 1.87. The first-order valence-corrected chi connectivity index (χ1v) is 13.9. The second-order valence-electron chi connectivity index (χ2n) is 7.89. The van der Waals surface area contributed by atoms with E-state index in [2.05, 4.69) is 5.32 Å². The number of anilines is 1. The third-order valence-electron chi connectivity index (χ3n) is 5.46. The molecule has 1 amide bonds. The van der Waals surface area contributed by atoms with Crippen LogP contribution in [0.3, 0.4) is 0 Å². The van der Waals surface area contributed by atoms with Crippen molar-refractivity contribution in [1.82, 2.24) is 5.32 Å². The summed E-state index contributed by atoms with van der Waals surface area (Å²) < 4.78 is 31.8. The second kappa shape index (κ2) is 11.7. The number of hydrogen-bond acceptors (Lipinski definition) is 9. The average molecular weight is 521 g/mol. The van der Waals surface area contributed by atoms with Gasteiger partial charge in [-0.2, -0.15) is 11.8 Å². The van der Waals surface area contributed by atoms with E-state index in [0.29, 0.717) is 23.3 Å². The summed E-state index contributed by atoms with van der Waals surface area (Å²) in [7, 11) is -3.98. The van der Waals surface area contributed by atoms with Gasteiger partial charge >= 0.3 is 11.9 Å². The van der Waals surface area contributed by atoms with Gasteiger partial charge < -0.3 is 21.5 Å². The van der Waals surface area contributed by atoms with Crippen molar-refractivity contribution in [2.45, 2.75) is 31.5 Å². The highest BCUT2D eigenvalue weighted by Crippen LogP contribution is 2.32. The Morgan fingerprint density at radius 2 is 1.94 bits per heavy atom. The van der Waals surface area contributed by atoms with E-state index in [1.165, 1.54) is 30.0 Å². The zero-order valence-electron chi connectivity index (χ0n) is 19.2. The topological polar surface area (TPSA) is 162 Å². The molecule has 0 aromatic heterocycles. The molecule has 2 atom stereocenters. The van der Waals surface area contributed by atoms with Gasteiger partial charge in [0, 0.05) is 6.42 Å². The molecule has 1 saturated heterocycles. The number of esters is 2. The molecule has 1 aliphatic heterocycles. The number of nitrogens with one attached hydrogen (secondary N) is 1. The molecule has 2 aromatic carbocycles. The van der Waals surface area contributed by atoms with Crippen LogP contribution in [0.5, 0.6) is 0 Å². The number of thioether (sulfide) groups is 1. The van der Waals surface area contributed by atoms with Crippen LogP contribution in [0.4, 0.5) is 5.69 Å². The lowest BCUT2D eigenvalue weighted by atomic mass is 9.98. The number of sulfonamides is 1. The van der Waals surface area contributed by atoms with Gasteiger partial charge in [0.1, 0.15) is 18.1 Å². The predicted molar refractivity (Wildman–Crippen MR) is 135 cm³/mol. The van der Waals surface area contributed by atoms with Crippen molar-refractivity contribution < 1.29 is 27.5 Å².